The van der Waals surface area contributed by atoms with Gasteiger partial charge in [-0.1, -0.05) is 38.1 Å². The number of para-hydroxylation sites is 2. The molecule has 0 saturated carbocycles. The summed E-state index contributed by atoms with van der Waals surface area (Å²) in [5, 5.41) is 2.83. The normalized spacial score (nSPS) is 11.9. The zero-order valence-electron chi connectivity index (χ0n) is 14.0. The second-order valence-electron chi connectivity index (χ2n) is 5.68. The maximum atomic E-state index is 12.3. The number of carbonyl (C=O) groups excluding carboxylic acids is 1. The van der Waals surface area contributed by atoms with Crippen molar-refractivity contribution in [1.82, 2.24) is 0 Å². The van der Waals surface area contributed by atoms with Crippen LogP contribution in [0.2, 0.25) is 0 Å². The van der Waals surface area contributed by atoms with Crippen LogP contribution in [0.4, 0.5) is 5.69 Å². The van der Waals surface area contributed by atoms with Crippen LogP contribution in [-0.2, 0) is 4.79 Å². The average molecular weight is 313 g/mol. The summed E-state index contributed by atoms with van der Waals surface area (Å²) in [5.74, 6) is 1.51. The zero-order chi connectivity index (χ0) is 16.8. The molecule has 0 heterocycles. The van der Waals surface area contributed by atoms with Crippen LogP contribution < -0.4 is 14.8 Å². The first kappa shape index (κ1) is 16.9. The van der Waals surface area contributed by atoms with E-state index in [-0.39, 0.29) is 5.91 Å². The van der Waals surface area contributed by atoms with E-state index in [0.29, 0.717) is 23.1 Å². The molecule has 0 aromatic heterocycles. The summed E-state index contributed by atoms with van der Waals surface area (Å²) < 4.78 is 11.0. The van der Waals surface area contributed by atoms with Crippen LogP contribution in [0.25, 0.3) is 0 Å². The Morgan fingerprint density at radius 3 is 2.48 bits per heavy atom. The zero-order valence-corrected chi connectivity index (χ0v) is 14.0. The Bertz CT molecular complexity index is 667. The van der Waals surface area contributed by atoms with Crippen LogP contribution >= 0.6 is 0 Å². The average Bonchev–Trinajstić information content (AvgIpc) is 2.55. The molecule has 1 atom stereocenters. The van der Waals surface area contributed by atoms with Crippen LogP contribution in [0.5, 0.6) is 11.5 Å². The van der Waals surface area contributed by atoms with Gasteiger partial charge in [0.25, 0.3) is 5.91 Å². The molecule has 122 valence electrons. The van der Waals surface area contributed by atoms with Gasteiger partial charge in [-0.2, -0.15) is 0 Å². The smallest absolute Gasteiger partial charge is 0.265 e. The number of hydrogen-bond donors (Lipinski definition) is 1. The first-order valence-corrected chi connectivity index (χ1v) is 7.71. The molecule has 1 N–H and O–H groups in total. The predicted molar refractivity (Wildman–Crippen MR) is 92.2 cm³/mol. The van der Waals surface area contributed by atoms with E-state index >= 15 is 0 Å². The SMILES string of the molecule is COc1ccccc1NC(=O)C(C)Oc1cccc(C(C)C)c1. The van der Waals surface area contributed by atoms with Crippen molar-refractivity contribution in [3.8, 4) is 11.5 Å². The first-order chi connectivity index (χ1) is 11.0. The molecule has 0 fully saturated rings. The van der Waals surface area contributed by atoms with Crippen molar-refractivity contribution in [2.24, 2.45) is 0 Å². The van der Waals surface area contributed by atoms with Gasteiger partial charge in [0.1, 0.15) is 11.5 Å². The van der Waals surface area contributed by atoms with Gasteiger partial charge in [-0.3, -0.25) is 4.79 Å². The molecular weight excluding hydrogens is 290 g/mol. The molecule has 0 aliphatic heterocycles. The minimum Gasteiger partial charge on any atom is -0.495 e. The number of rotatable bonds is 6. The van der Waals surface area contributed by atoms with Crippen molar-refractivity contribution >= 4 is 11.6 Å². The third-order valence-corrected chi connectivity index (χ3v) is 3.57. The minimum absolute atomic E-state index is 0.218. The number of nitrogens with one attached hydrogen (secondary N) is 1. The summed E-state index contributed by atoms with van der Waals surface area (Å²) in [7, 11) is 1.57. The second-order valence-corrected chi connectivity index (χ2v) is 5.68. The third-order valence-electron chi connectivity index (χ3n) is 3.57. The van der Waals surface area contributed by atoms with E-state index in [2.05, 4.69) is 25.2 Å². The van der Waals surface area contributed by atoms with E-state index in [0.717, 1.165) is 0 Å². The highest BCUT2D eigenvalue weighted by Crippen LogP contribution is 2.24. The van der Waals surface area contributed by atoms with Crippen LogP contribution in [0.15, 0.2) is 48.5 Å². The molecule has 2 rings (SSSR count). The summed E-state index contributed by atoms with van der Waals surface area (Å²) in [6.45, 7) is 5.97. The molecule has 2 aromatic carbocycles. The number of carbonyl (C=O) groups is 1. The lowest BCUT2D eigenvalue weighted by Gasteiger charge is -2.17. The van der Waals surface area contributed by atoms with Crippen LogP contribution in [0, 0.1) is 0 Å². The van der Waals surface area contributed by atoms with Crippen molar-refractivity contribution < 1.29 is 14.3 Å². The lowest BCUT2D eigenvalue weighted by atomic mass is 10.0. The highest BCUT2D eigenvalue weighted by atomic mass is 16.5. The summed E-state index contributed by atoms with van der Waals surface area (Å²) >= 11 is 0. The molecule has 2 aromatic rings. The summed E-state index contributed by atoms with van der Waals surface area (Å²) in [6, 6.07) is 15.1. The number of amides is 1. The summed E-state index contributed by atoms with van der Waals surface area (Å²) in [4.78, 5) is 12.3. The second kappa shape index (κ2) is 7.68. The Labute approximate surface area is 137 Å². The third kappa shape index (κ3) is 4.49. The quantitative estimate of drug-likeness (QED) is 0.868. The van der Waals surface area contributed by atoms with E-state index < -0.39 is 6.10 Å². The molecule has 0 aliphatic rings. The largest absolute Gasteiger partial charge is 0.495 e. The fourth-order valence-electron chi connectivity index (χ4n) is 2.19. The lowest BCUT2D eigenvalue weighted by molar-refractivity contribution is -0.122. The standard InChI is InChI=1S/C19H23NO3/c1-13(2)15-8-7-9-16(12-15)23-14(3)19(21)20-17-10-5-6-11-18(17)22-4/h5-14H,1-4H3,(H,20,21). The van der Waals surface area contributed by atoms with Crippen molar-refractivity contribution in [3.63, 3.8) is 0 Å². The Kier molecular flexibility index (Phi) is 5.63. The van der Waals surface area contributed by atoms with E-state index in [1.54, 1.807) is 26.2 Å². The number of anilines is 1. The van der Waals surface area contributed by atoms with Gasteiger partial charge in [-0.15, -0.1) is 0 Å². The van der Waals surface area contributed by atoms with Crippen LogP contribution in [0.3, 0.4) is 0 Å². The highest BCUT2D eigenvalue weighted by molar-refractivity contribution is 5.95. The Morgan fingerprint density at radius 2 is 1.78 bits per heavy atom. The van der Waals surface area contributed by atoms with Crippen molar-refractivity contribution in [3.05, 3.63) is 54.1 Å². The molecule has 0 radical (unpaired) electrons. The maximum Gasteiger partial charge on any atom is 0.265 e. The lowest BCUT2D eigenvalue weighted by Crippen LogP contribution is -2.30. The van der Waals surface area contributed by atoms with Gasteiger partial charge in [0.15, 0.2) is 6.10 Å². The summed E-state index contributed by atoms with van der Waals surface area (Å²) in [6.07, 6.45) is -0.609. The Hall–Kier alpha value is -2.49. The predicted octanol–water partition coefficient (Wildman–Crippen LogP) is 4.22. The Balaban J connectivity index is 2.04. The van der Waals surface area contributed by atoms with Gasteiger partial charge >= 0.3 is 0 Å². The summed E-state index contributed by atoms with van der Waals surface area (Å²) in [5.41, 5.74) is 1.81. The molecule has 0 aliphatic carbocycles. The van der Waals surface area contributed by atoms with Crippen molar-refractivity contribution in [2.45, 2.75) is 32.8 Å². The number of ether oxygens (including phenoxy) is 2. The molecule has 4 heteroatoms. The van der Waals surface area contributed by atoms with E-state index in [1.807, 2.05) is 30.3 Å². The molecule has 4 nitrogen and oxygen atoms in total. The fraction of sp³-hybridized carbons (Fsp3) is 0.316. The van der Waals surface area contributed by atoms with E-state index in [1.165, 1.54) is 5.56 Å². The van der Waals surface area contributed by atoms with Crippen molar-refractivity contribution in [2.75, 3.05) is 12.4 Å². The number of benzene rings is 2. The van der Waals surface area contributed by atoms with Gasteiger partial charge < -0.3 is 14.8 Å². The first-order valence-electron chi connectivity index (χ1n) is 7.71. The monoisotopic (exact) mass is 313 g/mol. The molecule has 1 unspecified atom stereocenters. The van der Waals surface area contributed by atoms with Gasteiger partial charge in [0, 0.05) is 0 Å². The van der Waals surface area contributed by atoms with Gasteiger partial charge in [0.2, 0.25) is 0 Å². The molecule has 0 spiro atoms. The van der Waals surface area contributed by atoms with Gasteiger partial charge in [-0.25, -0.2) is 0 Å². The number of methoxy groups -OCH3 is 1. The van der Waals surface area contributed by atoms with E-state index in [9.17, 15) is 4.79 Å². The topological polar surface area (TPSA) is 47.6 Å². The molecular formula is C19H23NO3. The van der Waals surface area contributed by atoms with Crippen LogP contribution in [-0.4, -0.2) is 19.1 Å². The van der Waals surface area contributed by atoms with Gasteiger partial charge in [-0.05, 0) is 42.7 Å². The van der Waals surface area contributed by atoms with Gasteiger partial charge in [0.05, 0.1) is 12.8 Å². The van der Waals surface area contributed by atoms with Crippen LogP contribution in [0.1, 0.15) is 32.3 Å². The number of hydrogen-bond acceptors (Lipinski definition) is 3. The van der Waals surface area contributed by atoms with E-state index in [4.69, 9.17) is 9.47 Å². The highest BCUT2D eigenvalue weighted by Gasteiger charge is 2.16. The Morgan fingerprint density at radius 1 is 1.04 bits per heavy atom. The molecule has 1 amide bonds. The fourth-order valence-corrected chi connectivity index (χ4v) is 2.19. The van der Waals surface area contributed by atoms with Crippen molar-refractivity contribution in [1.29, 1.82) is 0 Å². The minimum atomic E-state index is -0.609. The maximum absolute atomic E-state index is 12.3. The molecule has 23 heavy (non-hydrogen) atoms. The molecule has 0 saturated heterocycles. The molecule has 0 bridgehead atoms.